The summed E-state index contributed by atoms with van der Waals surface area (Å²) < 4.78 is 44.0. The second-order valence-corrected chi connectivity index (χ2v) is 5.56. The number of alkyl halides is 3. The van der Waals surface area contributed by atoms with Gasteiger partial charge in [0.1, 0.15) is 11.6 Å². The molecule has 8 heteroatoms. The monoisotopic (exact) mass is 347 g/mol. The van der Waals surface area contributed by atoms with Crippen molar-refractivity contribution in [2.75, 3.05) is 6.54 Å². The molecule has 1 aliphatic heterocycles. The van der Waals surface area contributed by atoms with Crippen LogP contribution in [0.3, 0.4) is 0 Å². The lowest BCUT2D eigenvalue weighted by Crippen LogP contribution is -2.24. The minimum absolute atomic E-state index is 0.219. The van der Waals surface area contributed by atoms with E-state index in [1.807, 2.05) is 0 Å². The molecule has 25 heavy (non-hydrogen) atoms. The van der Waals surface area contributed by atoms with Crippen LogP contribution in [-0.2, 0) is 6.54 Å². The van der Waals surface area contributed by atoms with Crippen LogP contribution in [0.2, 0.25) is 0 Å². The second kappa shape index (κ2) is 5.51. The van der Waals surface area contributed by atoms with Crippen molar-refractivity contribution in [1.29, 1.82) is 0 Å². The van der Waals surface area contributed by atoms with Crippen molar-refractivity contribution in [2.24, 2.45) is 0 Å². The molecule has 0 fully saturated rings. The number of imidazole rings is 1. The maximum Gasteiger partial charge on any atom is 0.573 e. The highest BCUT2D eigenvalue weighted by Gasteiger charge is 2.33. The van der Waals surface area contributed by atoms with Gasteiger partial charge in [-0.1, -0.05) is 18.2 Å². The van der Waals surface area contributed by atoms with Gasteiger partial charge in [0.15, 0.2) is 0 Å². The van der Waals surface area contributed by atoms with E-state index < -0.39 is 6.36 Å². The Hall–Kier alpha value is -3.03. The van der Waals surface area contributed by atoms with E-state index in [0.29, 0.717) is 35.5 Å². The van der Waals surface area contributed by atoms with Crippen molar-refractivity contribution in [3.8, 4) is 17.1 Å². The van der Waals surface area contributed by atoms with Crippen molar-refractivity contribution in [3.63, 3.8) is 0 Å². The summed E-state index contributed by atoms with van der Waals surface area (Å²) in [5.41, 5.74) is 1.82. The summed E-state index contributed by atoms with van der Waals surface area (Å²) in [4.78, 5) is 16.6. The Morgan fingerprint density at radius 3 is 2.64 bits per heavy atom. The van der Waals surface area contributed by atoms with Gasteiger partial charge in [-0.2, -0.15) is 0 Å². The number of benzene rings is 2. The molecule has 1 amide bonds. The topological polar surface area (TPSA) is 56.2 Å². The van der Waals surface area contributed by atoms with Crippen molar-refractivity contribution in [3.05, 3.63) is 48.0 Å². The fraction of sp³-hybridized carbons (Fsp3) is 0.176. The van der Waals surface area contributed by atoms with Gasteiger partial charge in [-0.05, 0) is 24.3 Å². The molecule has 0 saturated heterocycles. The zero-order valence-corrected chi connectivity index (χ0v) is 12.8. The average molecular weight is 347 g/mol. The maximum absolute atomic E-state index is 12.7. The SMILES string of the molecule is O=C1NCCn2c(-c3ccccc3OC(F)(F)F)nc3cccc1c32. The number of nitrogens with zero attached hydrogens (tertiary/aromatic N) is 2. The molecule has 0 aliphatic carbocycles. The summed E-state index contributed by atoms with van der Waals surface area (Å²) >= 11 is 0. The highest BCUT2D eigenvalue weighted by atomic mass is 19.4. The first-order valence-electron chi connectivity index (χ1n) is 7.56. The van der Waals surface area contributed by atoms with Crippen LogP contribution in [0.5, 0.6) is 5.75 Å². The van der Waals surface area contributed by atoms with Gasteiger partial charge in [-0.15, -0.1) is 13.2 Å². The molecule has 0 bridgehead atoms. The van der Waals surface area contributed by atoms with Gasteiger partial charge in [-0.25, -0.2) is 4.98 Å². The number of carbonyl (C=O) groups is 1. The lowest BCUT2D eigenvalue weighted by Gasteiger charge is -2.14. The van der Waals surface area contributed by atoms with E-state index in [1.165, 1.54) is 18.2 Å². The summed E-state index contributed by atoms with van der Waals surface area (Å²) in [6, 6.07) is 10.9. The smallest absolute Gasteiger partial charge is 0.405 e. The number of hydrogen-bond donors (Lipinski definition) is 1. The first-order chi connectivity index (χ1) is 11.9. The fourth-order valence-electron chi connectivity index (χ4n) is 3.03. The van der Waals surface area contributed by atoms with Crippen molar-refractivity contribution in [2.45, 2.75) is 12.9 Å². The highest BCUT2D eigenvalue weighted by molar-refractivity contribution is 6.06. The van der Waals surface area contributed by atoms with Crippen molar-refractivity contribution in [1.82, 2.24) is 14.9 Å². The quantitative estimate of drug-likeness (QED) is 0.774. The number of halogens is 3. The minimum Gasteiger partial charge on any atom is -0.405 e. The van der Waals surface area contributed by atoms with Crippen LogP contribution in [0.4, 0.5) is 13.2 Å². The minimum atomic E-state index is -4.80. The van der Waals surface area contributed by atoms with Crippen molar-refractivity contribution >= 4 is 16.9 Å². The van der Waals surface area contributed by atoms with Gasteiger partial charge >= 0.3 is 6.36 Å². The molecule has 0 spiro atoms. The van der Waals surface area contributed by atoms with E-state index in [4.69, 9.17) is 0 Å². The molecular weight excluding hydrogens is 335 g/mol. The molecule has 5 nitrogen and oxygen atoms in total. The third-order valence-corrected chi connectivity index (χ3v) is 3.99. The summed E-state index contributed by atoms with van der Waals surface area (Å²) in [5, 5.41) is 2.77. The zero-order valence-electron chi connectivity index (χ0n) is 12.8. The first kappa shape index (κ1) is 15.5. The highest BCUT2D eigenvalue weighted by Crippen LogP contribution is 2.35. The Bertz CT molecular complexity index is 979. The van der Waals surface area contributed by atoms with Crippen LogP contribution >= 0.6 is 0 Å². The number of aromatic nitrogens is 2. The van der Waals surface area contributed by atoms with Gasteiger partial charge in [0.05, 0.1) is 22.2 Å². The Morgan fingerprint density at radius 1 is 1.08 bits per heavy atom. The number of rotatable bonds is 2. The molecule has 1 aliphatic rings. The first-order valence-corrected chi connectivity index (χ1v) is 7.56. The van der Waals surface area contributed by atoms with Crippen LogP contribution < -0.4 is 10.1 Å². The Kier molecular flexibility index (Phi) is 3.41. The lowest BCUT2D eigenvalue weighted by molar-refractivity contribution is -0.274. The van der Waals surface area contributed by atoms with Gasteiger partial charge < -0.3 is 14.6 Å². The zero-order chi connectivity index (χ0) is 17.6. The Labute approximate surface area is 140 Å². The maximum atomic E-state index is 12.7. The number of ether oxygens (including phenoxy) is 1. The molecule has 4 rings (SSSR count). The van der Waals surface area contributed by atoms with Crippen LogP contribution in [0.15, 0.2) is 42.5 Å². The standard InChI is InChI=1S/C17H12F3N3O2/c18-17(19,20)25-13-7-2-1-4-10(13)15-22-12-6-3-5-11-14(12)23(15)9-8-21-16(11)24/h1-7H,8-9H2,(H,21,24). The molecule has 0 saturated carbocycles. The molecule has 0 radical (unpaired) electrons. The number of nitrogens with one attached hydrogen (secondary N) is 1. The second-order valence-electron chi connectivity index (χ2n) is 5.56. The van der Waals surface area contributed by atoms with E-state index in [9.17, 15) is 18.0 Å². The summed E-state index contributed by atoms with van der Waals surface area (Å²) in [5.74, 6) is -0.221. The molecule has 1 aromatic heterocycles. The molecule has 2 aromatic carbocycles. The molecule has 2 heterocycles. The predicted octanol–water partition coefficient (Wildman–Crippen LogP) is 3.35. The predicted molar refractivity (Wildman–Crippen MR) is 84.2 cm³/mol. The molecular formula is C17H12F3N3O2. The van der Waals surface area contributed by atoms with Gasteiger partial charge in [0.25, 0.3) is 5.91 Å². The largest absolute Gasteiger partial charge is 0.573 e. The van der Waals surface area contributed by atoms with Gasteiger partial charge in [-0.3, -0.25) is 4.79 Å². The van der Waals surface area contributed by atoms with Crippen LogP contribution in [0, 0.1) is 0 Å². The van der Waals surface area contributed by atoms with Gasteiger partial charge in [0.2, 0.25) is 0 Å². The molecule has 0 unspecified atom stereocenters. The van der Waals surface area contributed by atoms with E-state index in [0.717, 1.165) is 0 Å². The van der Waals surface area contributed by atoms with Crippen LogP contribution in [-0.4, -0.2) is 28.4 Å². The van der Waals surface area contributed by atoms with Crippen molar-refractivity contribution < 1.29 is 22.7 Å². The van der Waals surface area contributed by atoms with Crippen LogP contribution in [0.1, 0.15) is 10.4 Å². The number of amides is 1. The third kappa shape index (κ3) is 2.69. The summed E-state index contributed by atoms with van der Waals surface area (Å²) in [6.07, 6.45) is -4.80. The number of para-hydroxylation sites is 2. The van der Waals surface area contributed by atoms with Gasteiger partial charge in [0, 0.05) is 13.1 Å². The van der Waals surface area contributed by atoms with E-state index in [1.54, 1.807) is 28.8 Å². The van der Waals surface area contributed by atoms with E-state index in [-0.39, 0.29) is 17.2 Å². The molecule has 3 aromatic rings. The third-order valence-electron chi connectivity index (χ3n) is 3.99. The number of hydrogen-bond acceptors (Lipinski definition) is 3. The Balaban J connectivity index is 1.96. The lowest BCUT2D eigenvalue weighted by atomic mass is 10.1. The number of carbonyl (C=O) groups excluding carboxylic acids is 1. The fourth-order valence-corrected chi connectivity index (χ4v) is 3.03. The summed E-state index contributed by atoms with van der Waals surface area (Å²) in [6.45, 7) is 0.753. The summed E-state index contributed by atoms with van der Waals surface area (Å²) in [7, 11) is 0. The Morgan fingerprint density at radius 2 is 1.84 bits per heavy atom. The normalized spacial score (nSPS) is 14.3. The van der Waals surface area contributed by atoms with E-state index >= 15 is 0 Å². The average Bonchev–Trinajstić information content (AvgIpc) is 2.83. The molecule has 1 N–H and O–H groups in total. The molecule has 0 atom stereocenters. The van der Waals surface area contributed by atoms with Crippen LogP contribution in [0.25, 0.3) is 22.4 Å². The van der Waals surface area contributed by atoms with E-state index in [2.05, 4.69) is 15.0 Å². The molecule has 128 valence electrons.